The molecule has 2 amide bonds. The summed E-state index contributed by atoms with van der Waals surface area (Å²) in [5.74, 6) is -0.125. The predicted molar refractivity (Wildman–Crippen MR) is 65.9 cm³/mol. The Bertz CT molecular complexity index is 455. The first-order chi connectivity index (χ1) is 8.61. The first-order valence-electron chi connectivity index (χ1n) is 6.11. The molecule has 1 aliphatic rings. The van der Waals surface area contributed by atoms with E-state index in [4.69, 9.17) is 0 Å². The van der Waals surface area contributed by atoms with E-state index in [0.717, 1.165) is 12.8 Å². The lowest BCUT2D eigenvalue weighted by molar-refractivity contribution is -0.125. The molecule has 0 unspecified atom stereocenters. The van der Waals surface area contributed by atoms with Gasteiger partial charge in [0.15, 0.2) is 0 Å². The van der Waals surface area contributed by atoms with E-state index in [1.165, 1.54) is 0 Å². The Labute approximate surface area is 106 Å². The molecule has 6 heteroatoms. The Kier molecular flexibility index (Phi) is 3.64. The van der Waals surface area contributed by atoms with Gasteiger partial charge in [-0.15, -0.1) is 0 Å². The van der Waals surface area contributed by atoms with Gasteiger partial charge in [0.05, 0.1) is 17.7 Å². The number of nitrogens with zero attached hydrogens (tertiary/aromatic N) is 3. The van der Waals surface area contributed by atoms with Crippen molar-refractivity contribution in [3.8, 4) is 0 Å². The highest BCUT2D eigenvalue weighted by Crippen LogP contribution is 2.18. The first kappa shape index (κ1) is 12.6. The van der Waals surface area contributed by atoms with Crippen molar-refractivity contribution >= 4 is 11.8 Å². The summed E-state index contributed by atoms with van der Waals surface area (Å²) in [6, 6.07) is 0. The summed E-state index contributed by atoms with van der Waals surface area (Å²) >= 11 is 0. The van der Waals surface area contributed by atoms with Crippen LogP contribution in [0, 0.1) is 5.92 Å². The number of aromatic nitrogens is 2. The number of likely N-dealkylation sites (tertiary alicyclic amines) is 1. The third kappa shape index (κ3) is 2.52. The van der Waals surface area contributed by atoms with Gasteiger partial charge >= 0.3 is 0 Å². The van der Waals surface area contributed by atoms with Crippen LogP contribution in [0.4, 0.5) is 0 Å². The SMILES string of the molecule is CNC(=O)[C@@H]1CCCN(C(=O)c2cnn(C)c2)C1. The standard InChI is InChI=1S/C12H18N4O2/c1-13-11(17)9-4-3-5-16(8-9)12(18)10-6-14-15(2)7-10/h6-7,9H,3-5,8H2,1-2H3,(H,13,17)/t9-/m1/s1. The highest BCUT2D eigenvalue weighted by atomic mass is 16.2. The van der Waals surface area contributed by atoms with Gasteiger partial charge in [0, 0.05) is 33.4 Å². The van der Waals surface area contributed by atoms with E-state index in [-0.39, 0.29) is 17.7 Å². The molecule has 0 bridgehead atoms. The van der Waals surface area contributed by atoms with Gasteiger partial charge in [-0.05, 0) is 12.8 Å². The third-order valence-electron chi connectivity index (χ3n) is 3.28. The van der Waals surface area contributed by atoms with Crippen LogP contribution in [-0.4, -0.2) is 46.6 Å². The maximum absolute atomic E-state index is 12.2. The van der Waals surface area contributed by atoms with Crippen LogP contribution in [0.15, 0.2) is 12.4 Å². The number of rotatable bonds is 2. The largest absolute Gasteiger partial charge is 0.359 e. The number of hydrogen-bond acceptors (Lipinski definition) is 3. The number of aryl methyl sites for hydroxylation is 1. The van der Waals surface area contributed by atoms with E-state index in [2.05, 4.69) is 10.4 Å². The average molecular weight is 250 g/mol. The van der Waals surface area contributed by atoms with Crippen LogP contribution < -0.4 is 5.32 Å². The highest BCUT2D eigenvalue weighted by Gasteiger charge is 2.28. The van der Waals surface area contributed by atoms with Gasteiger partial charge < -0.3 is 10.2 Å². The molecule has 1 saturated heterocycles. The molecule has 6 nitrogen and oxygen atoms in total. The first-order valence-corrected chi connectivity index (χ1v) is 6.11. The minimum absolute atomic E-state index is 0.0127. The zero-order valence-corrected chi connectivity index (χ0v) is 10.7. The van der Waals surface area contributed by atoms with Crippen molar-refractivity contribution in [3.05, 3.63) is 18.0 Å². The van der Waals surface area contributed by atoms with Crippen molar-refractivity contribution in [2.75, 3.05) is 20.1 Å². The van der Waals surface area contributed by atoms with Crippen molar-refractivity contribution in [3.63, 3.8) is 0 Å². The van der Waals surface area contributed by atoms with Crippen molar-refractivity contribution in [2.45, 2.75) is 12.8 Å². The van der Waals surface area contributed by atoms with Crippen molar-refractivity contribution < 1.29 is 9.59 Å². The molecular weight excluding hydrogens is 232 g/mol. The van der Waals surface area contributed by atoms with Gasteiger partial charge in [0.1, 0.15) is 0 Å². The smallest absolute Gasteiger partial charge is 0.257 e. The summed E-state index contributed by atoms with van der Waals surface area (Å²) in [5.41, 5.74) is 0.579. The second-order valence-corrected chi connectivity index (χ2v) is 4.61. The summed E-state index contributed by atoms with van der Waals surface area (Å²) in [6.45, 7) is 1.20. The van der Waals surface area contributed by atoms with E-state index in [1.807, 2.05) is 0 Å². The molecule has 1 fully saturated rings. The highest BCUT2D eigenvalue weighted by molar-refractivity contribution is 5.94. The van der Waals surface area contributed by atoms with Gasteiger partial charge in [0.25, 0.3) is 5.91 Å². The Morgan fingerprint density at radius 3 is 2.89 bits per heavy atom. The molecular formula is C12H18N4O2. The number of nitrogens with one attached hydrogen (secondary N) is 1. The van der Waals surface area contributed by atoms with Crippen molar-refractivity contribution in [2.24, 2.45) is 13.0 Å². The zero-order chi connectivity index (χ0) is 13.1. The number of hydrogen-bond donors (Lipinski definition) is 1. The number of piperidine rings is 1. The van der Waals surface area contributed by atoms with Crippen LogP contribution in [0.25, 0.3) is 0 Å². The maximum atomic E-state index is 12.2. The molecule has 1 aromatic rings. The van der Waals surface area contributed by atoms with E-state index < -0.39 is 0 Å². The van der Waals surface area contributed by atoms with Crippen LogP contribution >= 0.6 is 0 Å². The fraction of sp³-hybridized carbons (Fsp3) is 0.583. The molecule has 0 aliphatic carbocycles. The third-order valence-corrected chi connectivity index (χ3v) is 3.28. The lowest BCUT2D eigenvalue weighted by atomic mass is 9.97. The minimum atomic E-state index is -0.0932. The lowest BCUT2D eigenvalue weighted by Gasteiger charge is -2.31. The van der Waals surface area contributed by atoms with Gasteiger partial charge in [-0.1, -0.05) is 0 Å². The molecule has 0 radical (unpaired) electrons. The van der Waals surface area contributed by atoms with Gasteiger partial charge in [0.2, 0.25) is 5.91 Å². The van der Waals surface area contributed by atoms with Crippen LogP contribution in [0.3, 0.4) is 0 Å². The monoisotopic (exact) mass is 250 g/mol. The zero-order valence-electron chi connectivity index (χ0n) is 10.7. The molecule has 1 aliphatic heterocycles. The lowest BCUT2D eigenvalue weighted by Crippen LogP contribution is -2.44. The summed E-state index contributed by atoms with van der Waals surface area (Å²) in [6.07, 6.45) is 4.97. The average Bonchev–Trinajstić information content (AvgIpc) is 2.83. The Morgan fingerprint density at radius 1 is 1.50 bits per heavy atom. The molecule has 1 aromatic heterocycles. The molecule has 0 saturated carbocycles. The fourth-order valence-electron chi connectivity index (χ4n) is 2.29. The predicted octanol–water partition coefficient (Wildman–Crippen LogP) is 0.0183. The topological polar surface area (TPSA) is 67.2 Å². The molecule has 1 N–H and O–H groups in total. The molecule has 18 heavy (non-hydrogen) atoms. The Balaban J connectivity index is 2.05. The maximum Gasteiger partial charge on any atom is 0.257 e. The van der Waals surface area contributed by atoms with Gasteiger partial charge in [-0.2, -0.15) is 5.10 Å². The van der Waals surface area contributed by atoms with Crippen LogP contribution in [0.1, 0.15) is 23.2 Å². The van der Waals surface area contributed by atoms with Crippen molar-refractivity contribution in [1.82, 2.24) is 20.0 Å². The van der Waals surface area contributed by atoms with Crippen LogP contribution in [-0.2, 0) is 11.8 Å². The van der Waals surface area contributed by atoms with E-state index >= 15 is 0 Å². The minimum Gasteiger partial charge on any atom is -0.359 e. The quantitative estimate of drug-likeness (QED) is 0.804. The van der Waals surface area contributed by atoms with Crippen LogP contribution in [0.5, 0.6) is 0 Å². The van der Waals surface area contributed by atoms with E-state index in [9.17, 15) is 9.59 Å². The molecule has 98 valence electrons. The fourth-order valence-corrected chi connectivity index (χ4v) is 2.29. The second-order valence-electron chi connectivity index (χ2n) is 4.61. The molecule has 2 rings (SSSR count). The van der Waals surface area contributed by atoms with E-state index in [0.29, 0.717) is 18.7 Å². The number of amides is 2. The Hall–Kier alpha value is -1.85. The second kappa shape index (κ2) is 5.20. The van der Waals surface area contributed by atoms with Crippen molar-refractivity contribution in [1.29, 1.82) is 0 Å². The number of carbonyl (C=O) groups is 2. The van der Waals surface area contributed by atoms with Gasteiger partial charge in [-0.3, -0.25) is 14.3 Å². The van der Waals surface area contributed by atoms with Gasteiger partial charge in [-0.25, -0.2) is 0 Å². The summed E-state index contributed by atoms with van der Waals surface area (Å²) in [7, 11) is 3.41. The van der Waals surface area contributed by atoms with E-state index in [1.54, 1.807) is 36.1 Å². The summed E-state index contributed by atoms with van der Waals surface area (Å²) in [5, 5.41) is 6.64. The molecule has 0 spiro atoms. The van der Waals surface area contributed by atoms with Crippen LogP contribution in [0.2, 0.25) is 0 Å². The number of carbonyl (C=O) groups excluding carboxylic acids is 2. The molecule has 2 heterocycles. The summed E-state index contributed by atoms with van der Waals surface area (Å²) in [4.78, 5) is 25.6. The molecule has 1 atom stereocenters. The normalized spacial score (nSPS) is 19.7. The molecule has 0 aromatic carbocycles. The Morgan fingerprint density at radius 2 is 2.28 bits per heavy atom. The summed E-state index contributed by atoms with van der Waals surface area (Å²) < 4.78 is 1.60.